The van der Waals surface area contributed by atoms with E-state index >= 15 is 0 Å². The zero-order valence-corrected chi connectivity index (χ0v) is 14.6. The number of halogens is 4. The molecule has 1 amide bonds. The van der Waals surface area contributed by atoms with Crippen LogP contribution in [0.25, 0.3) is 0 Å². The Balaban J connectivity index is 1.64. The molecule has 0 spiro atoms. The Hall–Kier alpha value is -3.11. The van der Waals surface area contributed by atoms with Crippen LogP contribution in [0.3, 0.4) is 0 Å². The second-order valence-electron chi connectivity index (χ2n) is 6.33. The summed E-state index contributed by atoms with van der Waals surface area (Å²) in [7, 11) is 0. The molecule has 1 aromatic heterocycles. The van der Waals surface area contributed by atoms with Gasteiger partial charge in [-0.15, -0.1) is 0 Å². The first-order chi connectivity index (χ1) is 13.1. The highest BCUT2D eigenvalue weighted by atomic mass is 19.4. The van der Waals surface area contributed by atoms with E-state index in [4.69, 9.17) is 4.74 Å². The van der Waals surface area contributed by atoms with Crippen LogP contribution in [-0.4, -0.2) is 40.5 Å². The number of carbonyl (C=O) groups is 2. The lowest BCUT2D eigenvalue weighted by atomic mass is 10.1. The lowest BCUT2D eigenvalue weighted by Crippen LogP contribution is -2.37. The predicted molar refractivity (Wildman–Crippen MR) is 90.3 cm³/mol. The molecule has 7 nitrogen and oxygen atoms in total. The average molecular weight is 400 g/mol. The second-order valence-corrected chi connectivity index (χ2v) is 6.33. The maximum absolute atomic E-state index is 13.2. The van der Waals surface area contributed by atoms with Crippen molar-refractivity contribution >= 4 is 23.4 Å². The van der Waals surface area contributed by atoms with E-state index in [9.17, 15) is 27.2 Å². The topological polar surface area (TPSA) is 85.2 Å². The number of nitrogens with one attached hydrogen (secondary N) is 2. The number of nitrogens with zero attached hydrogens (tertiary/aromatic N) is 2. The van der Waals surface area contributed by atoms with Gasteiger partial charge in [0.2, 0.25) is 0 Å². The van der Waals surface area contributed by atoms with E-state index in [1.165, 1.54) is 12.1 Å². The highest BCUT2D eigenvalue weighted by molar-refractivity contribution is 5.95. The van der Waals surface area contributed by atoms with Crippen molar-refractivity contribution in [3.8, 4) is 0 Å². The van der Waals surface area contributed by atoms with Crippen LogP contribution in [-0.2, 0) is 9.53 Å². The molecular weight excluding hydrogens is 384 g/mol. The van der Waals surface area contributed by atoms with Crippen LogP contribution in [0.2, 0.25) is 0 Å². The Morgan fingerprint density at radius 1 is 1.32 bits per heavy atom. The Morgan fingerprint density at radius 3 is 2.64 bits per heavy atom. The largest absolute Gasteiger partial charge is 0.451 e. The number of hydrogen-bond acceptors (Lipinski definition) is 5. The second kappa shape index (κ2) is 7.49. The van der Waals surface area contributed by atoms with Crippen molar-refractivity contribution in [2.45, 2.75) is 31.6 Å². The van der Waals surface area contributed by atoms with Gasteiger partial charge in [0.15, 0.2) is 18.3 Å². The first-order valence-electron chi connectivity index (χ1n) is 8.29. The number of rotatable bonds is 4. The van der Waals surface area contributed by atoms with Gasteiger partial charge in [-0.1, -0.05) is 0 Å². The molecule has 0 aliphatic carbocycles. The van der Waals surface area contributed by atoms with Gasteiger partial charge in [-0.2, -0.15) is 18.3 Å². The number of esters is 1. The van der Waals surface area contributed by atoms with E-state index in [0.29, 0.717) is 10.4 Å². The molecule has 2 unspecified atom stereocenters. The van der Waals surface area contributed by atoms with Crippen molar-refractivity contribution in [3.63, 3.8) is 0 Å². The van der Waals surface area contributed by atoms with Crippen LogP contribution in [0.5, 0.6) is 0 Å². The molecule has 2 atom stereocenters. The third kappa shape index (κ3) is 4.41. The summed E-state index contributed by atoms with van der Waals surface area (Å²) < 4.78 is 58.0. The van der Waals surface area contributed by atoms with Crippen molar-refractivity contribution in [1.29, 1.82) is 0 Å². The van der Waals surface area contributed by atoms with Gasteiger partial charge in [0.1, 0.15) is 11.6 Å². The number of hydrogen-bond donors (Lipinski definition) is 2. The fourth-order valence-corrected chi connectivity index (χ4v) is 2.79. The van der Waals surface area contributed by atoms with Crippen LogP contribution < -0.4 is 10.6 Å². The summed E-state index contributed by atoms with van der Waals surface area (Å²) in [6.45, 7) is 0.915. The molecule has 0 bridgehead atoms. The molecule has 11 heteroatoms. The monoisotopic (exact) mass is 400 g/mol. The van der Waals surface area contributed by atoms with Crippen molar-refractivity contribution in [1.82, 2.24) is 9.78 Å². The van der Waals surface area contributed by atoms with Crippen LogP contribution in [0, 0.1) is 5.82 Å². The van der Waals surface area contributed by atoms with Gasteiger partial charge in [0.05, 0.1) is 0 Å². The maximum atomic E-state index is 13.2. The van der Waals surface area contributed by atoms with E-state index in [0.717, 1.165) is 18.2 Å². The molecule has 0 fully saturated rings. The number of aromatic nitrogens is 2. The SMILES string of the molecule is CC1CC(C(F)(F)F)n2nc(C(=O)OCC(=O)Nc3ccc(F)cc3)cc2N1. The maximum Gasteiger partial charge on any atom is 0.410 e. The lowest BCUT2D eigenvalue weighted by Gasteiger charge is -2.31. The van der Waals surface area contributed by atoms with Crippen LogP contribution in [0.1, 0.15) is 29.9 Å². The number of benzene rings is 1. The lowest BCUT2D eigenvalue weighted by molar-refractivity contribution is -0.173. The van der Waals surface area contributed by atoms with Gasteiger partial charge >= 0.3 is 12.1 Å². The quantitative estimate of drug-likeness (QED) is 0.609. The predicted octanol–water partition coefficient (Wildman–Crippen LogP) is 3.13. The van der Waals surface area contributed by atoms with Crippen LogP contribution >= 0.6 is 0 Å². The fraction of sp³-hybridized carbons (Fsp3) is 0.353. The third-order valence-corrected chi connectivity index (χ3v) is 4.05. The highest BCUT2D eigenvalue weighted by Gasteiger charge is 2.45. The van der Waals surface area contributed by atoms with Crippen molar-refractivity contribution in [3.05, 3.63) is 41.8 Å². The number of alkyl halides is 3. The molecule has 0 saturated heterocycles. The van der Waals surface area contributed by atoms with Crippen molar-refractivity contribution in [2.24, 2.45) is 0 Å². The molecular formula is C17H16F4N4O3. The Kier molecular flexibility index (Phi) is 5.25. The van der Waals surface area contributed by atoms with Crippen molar-refractivity contribution < 1.29 is 31.9 Å². The zero-order chi connectivity index (χ0) is 20.5. The summed E-state index contributed by atoms with van der Waals surface area (Å²) in [5.41, 5.74) is -0.0495. The van der Waals surface area contributed by atoms with E-state index in [-0.39, 0.29) is 17.9 Å². The van der Waals surface area contributed by atoms with Gasteiger partial charge in [-0.25, -0.2) is 13.9 Å². The summed E-state index contributed by atoms with van der Waals surface area (Å²) in [5, 5.41) is 8.90. The minimum absolute atomic E-state index is 0.0452. The Labute approximate surface area is 156 Å². The number of carbonyl (C=O) groups excluding carboxylic acids is 2. The molecule has 2 N–H and O–H groups in total. The molecule has 150 valence electrons. The minimum Gasteiger partial charge on any atom is -0.451 e. The van der Waals surface area contributed by atoms with Gasteiger partial charge < -0.3 is 15.4 Å². The summed E-state index contributed by atoms with van der Waals surface area (Å²) in [6, 6.07) is 3.76. The Bertz CT molecular complexity index is 880. The molecule has 0 radical (unpaired) electrons. The number of anilines is 2. The third-order valence-electron chi connectivity index (χ3n) is 4.05. The fourth-order valence-electron chi connectivity index (χ4n) is 2.79. The molecule has 1 aromatic carbocycles. The summed E-state index contributed by atoms with van der Waals surface area (Å²) in [6.07, 6.45) is -4.75. The Morgan fingerprint density at radius 2 is 2.00 bits per heavy atom. The van der Waals surface area contributed by atoms with E-state index < -0.39 is 42.6 Å². The highest BCUT2D eigenvalue weighted by Crippen LogP contribution is 2.39. The molecule has 1 aliphatic rings. The number of ether oxygens (including phenoxy) is 1. The molecule has 28 heavy (non-hydrogen) atoms. The molecule has 2 aromatic rings. The van der Waals surface area contributed by atoms with Crippen LogP contribution in [0.4, 0.5) is 29.1 Å². The van der Waals surface area contributed by atoms with E-state index in [2.05, 4.69) is 15.7 Å². The molecule has 0 saturated carbocycles. The van der Waals surface area contributed by atoms with Gasteiger partial charge in [-0.3, -0.25) is 4.79 Å². The molecule has 3 rings (SSSR count). The molecule has 2 heterocycles. The standard InChI is InChI=1S/C17H16F4N4O3/c1-9-6-13(17(19,20)21)25-14(22-9)7-12(24-25)16(27)28-8-15(26)23-11-4-2-10(18)3-5-11/h2-5,7,9,13,22H,6,8H2,1H3,(H,23,26). The van der Waals surface area contributed by atoms with Gasteiger partial charge in [0.25, 0.3) is 5.91 Å². The summed E-state index contributed by atoms with van der Waals surface area (Å²) >= 11 is 0. The van der Waals surface area contributed by atoms with E-state index in [1.807, 2.05) is 0 Å². The number of fused-ring (bicyclic) bond motifs is 1. The normalized spacial score (nSPS) is 18.8. The first kappa shape index (κ1) is 19.6. The number of amides is 1. The summed E-state index contributed by atoms with van der Waals surface area (Å²) in [5.74, 6) is -2.16. The van der Waals surface area contributed by atoms with Crippen molar-refractivity contribution in [2.75, 3.05) is 17.2 Å². The van der Waals surface area contributed by atoms with E-state index in [1.54, 1.807) is 6.92 Å². The smallest absolute Gasteiger partial charge is 0.410 e. The zero-order valence-electron chi connectivity index (χ0n) is 14.6. The van der Waals surface area contributed by atoms with Crippen LogP contribution in [0.15, 0.2) is 30.3 Å². The average Bonchev–Trinajstić information content (AvgIpc) is 3.04. The van der Waals surface area contributed by atoms with Gasteiger partial charge in [0, 0.05) is 17.8 Å². The summed E-state index contributed by atoms with van der Waals surface area (Å²) in [4.78, 5) is 23.9. The minimum atomic E-state index is -4.52. The molecule has 1 aliphatic heterocycles. The van der Waals surface area contributed by atoms with Gasteiger partial charge in [-0.05, 0) is 37.6 Å². The first-order valence-corrected chi connectivity index (χ1v) is 8.29.